The largest absolute Gasteiger partial charge is 0.381 e. The third kappa shape index (κ3) is 2.41. The van der Waals surface area contributed by atoms with Crippen LogP contribution in [0.5, 0.6) is 0 Å². The van der Waals surface area contributed by atoms with Gasteiger partial charge in [-0.05, 0) is 30.7 Å². The Balaban J connectivity index is 1.94. The van der Waals surface area contributed by atoms with Gasteiger partial charge in [-0.15, -0.1) is 0 Å². The summed E-state index contributed by atoms with van der Waals surface area (Å²) >= 11 is 1.99. The average molecular weight is 211 g/mol. The quantitative estimate of drug-likeness (QED) is 0.806. The predicted molar refractivity (Wildman–Crippen MR) is 60.3 cm³/mol. The zero-order valence-corrected chi connectivity index (χ0v) is 8.98. The maximum absolute atomic E-state index is 12.6. The van der Waals surface area contributed by atoms with Crippen molar-refractivity contribution in [3.05, 3.63) is 30.1 Å². The lowest BCUT2D eigenvalue weighted by Gasteiger charge is -2.12. The molecule has 76 valence electrons. The summed E-state index contributed by atoms with van der Waals surface area (Å²) in [6.07, 6.45) is 1.20. The second-order valence-corrected chi connectivity index (χ2v) is 5.20. The van der Waals surface area contributed by atoms with E-state index < -0.39 is 0 Å². The lowest BCUT2D eigenvalue weighted by Crippen LogP contribution is -2.18. The van der Waals surface area contributed by atoms with Crippen LogP contribution in [0.25, 0.3) is 0 Å². The van der Waals surface area contributed by atoms with E-state index in [9.17, 15) is 4.39 Å². The van der Waals surface area contributed by atoms with Crippen molar-refractivity contribution in [3.63, 3.8) is 0 Å². The van der Waals surface area contributed by atoms with Gasteiger partial charge in [0.25, 0.3) is 0 Å². The fourth-order valence-corrected chi connectivity index (χ4v) is 2.85. The normalized spacial score (nSPS) is 26.4. The SMILES string of the molecule is CC1CC(Nc2ccc(F)cc2)CS1. The smallest absolute Gasteiger partial charge is 0.123 e. The highest BCUT2D eigenvalue weighted by molar-refractivity contribution is 8.00. The molecule has 3 heteroatoms. The van der Waals surface area contributed by atoms with Gasteiger partial charge in [-0.3, -0.25) is 0 Å². The number of rotatable bonds is 2. The zero-order chi connectivity index (χ0) is 9.97. The fourth-order valence-electron chi connectivity index (χ4n) is 1.70. The van der Waals surface area contributed by atoms with Gasteiger partial charge >= 0.3 is 0 Å². The third-order valence-electron chi connectivity index (χ3n) is 2.41. The van der Waals surface area contributed by atoms with Gasteiger partial charge in [0.05, 0.1) is 0 Å². The van der Waals surface area contributed by atoms with E-state index in [1.54, 1.807) is 12.1 Å². The minimum absolute atomic E-state index is 0.176. The molecule has 1 aliphatic heterocycles. The number of halogens is 1. The molecule has 2 unspecified atom stereocenters. The van der Waals surface area contributed by atoms with Crippen molar-refractivity contribution in [3.8, 4) is 0 Å². The first-order valence-corrected chi connectivity index (χ1v) is 5.92. The number of hydrogen-bond donors (Lipinski definition) is 1. The predicted octanol–water partition coefficient (Wildman–Crippen LogP) is 3.13. The van der Waals surface area contributed by atoms with E-state index in [0.29, 0.717) is 6.04 Å². The van der Waals surface area contributed by atoms with Crippen molar-refractivity contribution in [1.82, 2.24) is 0 Å². The van der Waals surface area contributed by atoms with Crippen molar-refractivity contribution in [2.45, 2.75) is 24.6 Å². The van der Waals surface area contributed by atoms with Crippen molar-refractivity contribution in [1.29, 1.82) is 0 Å². The molecule has 1 saturated heterocycles. The summed E-state index contributed by atoms with van der Waals surface area (Å²) in [6, 6.07) is 7.12. The van der Waals surface area contributed by atoms with Crippen LogP contribution < -0.4 is 5.32 Å². The molecule has 1 aromatic rings. The topological polar surface area (TPSA) is 12.0 Å². The Kier molecular flexibility index (Phi) is 2.96. The molecule has 0 bridgehead atoms. The molecule has 1 heterocycles. The minimum atomic E-state index is -0.176. The van der Waals surface area contributed by atoms with Crippen molar-refractivity contribution in [2.24, 2.45) is 0 Å². The van der Waals surface area contributed by atoms with Gasteiger partial charge in [-0.2, -0.15) is 11.8 Å². The van der Waals surface area contributed by atoms with Gasteiger partial charge in [0.2, 0.25) is 0 Å². The summed E-state index contributed by atoms with van der Waals surface area (Å²) in [5.74, 6) is 0.975. The number of hydrogen-bond acceptors (Lipinski definition) is 2. The van der Waals surface area contributed by atoms with Gasteiger partial charge in [0.1, 0.15) is 5.82 Å². The lowest BCUT2D eigenvalue weighted by molar-refractivity contribution is 0.627. The summed E-state index contributed by atoms with van der Waals surface area (Å²) in [4.78, 5) is 0. The van der Waals surface area contributed by atoms with Crippen LogP contribution in [0.15, 0.2) is 24.3 Å². The van der Waals surface area contributed by atoms with Gasteiger partial charge in [-0.25, -0.2) is 4.39 Å². The van der Waals surface area contributed by atoms with E-state index in [0.717, 1.165) is 16.7 Å². The Hall–Kier alpha value is -0.700. The van der Waals surface area contributed by atoms with E-state index in [1.165, 1.54) is 18.6 Å². The van der Waals surface area contributed by atoms with Gasteiger partial charge in [0, 0.05) is 22.7 Å². The highest BCUT2D eigenvalue weighted by atomic mass is 32.2. The molecule has 14 heavy (non-hydrogen) atoms. The molecule has 0 radical (unpaired) electrons. The van der Waals surface area contributed by atoms with Crippen LogP contribution in [0.1, 0.15) is 13.3 Å². The van der Waals surface area contributed by atoms with Gasteiger partial charge in [-0.1, -0.05) is 6.92 Å². The first-order chi connectivity index (χ1) is 6.74. The molecule has 1 N–H and O–H groups in total. The molecule has 0 spiro atoms. The van der Waals surface area contributed by atoms with E-state index in [2.05, 4.69) is 12.2 Å². The van der Waals surface area contributed by atoms with Crippen molar-refractivity contribution >= 4 is 17.4 Å². The summed E-state index contributed by atoms with van der Waals surface area (Å²) < 4.78 is 12.6. The summed E-state index contributed by atoms with van der Waals surface area (Å²) in [6.45, 7) is 2.25. The second kappa shape index (κ2) is 4.22. The Morgan fingerprint density at radius 2 is 2.07 bits per heavy atom. The first kappa shape index (κ1) is 9.84. The Morgan fingerprint density at radius 1 is 1.36 bits per heavy atom. The molecule has 0 amide bonds. The molecule has 1 nitrogen and oxygen atoms in total. The molecule has 0 aliphatic carbocycles. The second-order valence-electron chi connectivity index (χ2n) is 3.73. The highest BCUT2D eigenvalue weighted by Gasteiger charge is 2.21. The molecule has 0 saturated carbocycles. The van der Waals surface area contributed by atoms with Crippen LogP contribution in [-0.2, 0) is 0 Å². The number of anilines is 1. The first-order valence-electron chi connectivity index (χ1n) is 4.88. The zero-order valence-electron chi connectivity index (χ0n) is 8.16. The number of nitrogens with one attached hydrogen (secondary N) is 1. The average Bonchev–Trinajstić information content (AvgIpc) is 2.56. The summed E-state index contributed by atoms with van der Waals surface area (Å²) in [5.41, 5.74) is 1.02. The molecular formula is C11H14FNS. The Labute approximate surface area is 88.1 Å². The Morgan fingerprint density at radius 3 is 2.64 bits per heavy atom. The standard InChI is InChI=1S/C11H14FNS/c1-8-6-11(7-14-8)13-10-4-2-9(12)3-5-10/h2-5,8,11,13H,6-7H2,1H3. The third-order valence-corrected chi connectivity index (χ3v) is 3.77. The van der Waals surface area contributed by atoms with Crippen LogP contribution in [0.4, 0.5) is 10.1 Å². The number of benzene rings is 1. The summed E-state index contributed by atoms with van der Waals surface area (Å²) in [7, 11) is 0. The molecule has 2 atom stereocenters. The minimum Gasteiger partial charge on any atom is -0.381 e. The van der Waals surface area contributed by atoms with Crippen LogP contribution in [0, 0.1) is 5.82 Å². The van der Waals surface area contributed by atoms with Crippen molar-refractivity contribution in [2.75, 3.05) is 11.1 Å². The van der Waals surface area contributed by atoms with Crippen LogP contribution in [-0.4, -0.2) is 17.0 Å². The lowest BCUT2D eigenvalue weighted by atomic mass is 10.2. The summed E-state index contributed by atoms with van der Waals surface area (Å²) in [5, 5.41) is 4.15. The molecule has 1 fully saturated rings. The molecular weight excluding hydrogens is 197 g/mol. The van der Waals surface area contributed by atoms with Gasteiger partial charge in [0.15, 0.2) is 0 Å². The van der Waals surface area contributed by atoms with Gasteiger partial charge < -0.3 is 5.32 Å². The maximum Gasteiger partial charge on any atom is 0.123 e. The maximum atomic E-state index is 12.6. The molecule has 2 rings (SSSR count). The van der Waals surface area contributed by atoms with Crippen LogP contribution >= 0.6 is 11.8 Å². The highest BCUT2D eigenvalue weighted by Crippen LogP contribution is 2.28. The van der Waals surface area contributed by atoms with Crippen LogP contribution in [0.2, 0.25) is 0 Å². The molecule has 1 aliphatic rings. The van der Waals surface area contributed by atoms with E-state index >= 15 is 0 Å². The van der Waals surface area contributed by atoms with E-state index in [-0.39, 0.29) is 5.82 Å². The fraction of sp³-hybridized carbons (Fsp3) is 0.455. The Bertz CT molecular complexity index is 299. The van der Waals surface area contributed by atoms with E-state index in [1.807, 2.05) is 11.8 Å². The van der Waals surface area contributed by atoms with Crippen molar-refractivity contribution < 1.29 is 4.39 Å². The monoisotopic (exact) mass is 211 g/mol. The molecule has 1 aromatic carbocycles. The number of thioether (sulfide) groups is 1. The van der Waals surface area contributed by atoms with E-state index in [4.69, 9.17) is 0 Å². The van der Waals surface area contributed by atoms with Crippen LogP contribution in [0.3, 0.4) is 0 Å². The molecule has 0 aromatic heterocycles.